The smallest absolute Gasteiger partial charge is 0.361 e. The van der Waals surface area contributed by atoms with Crippen LogP contribution >= 0.6 is 0 Å². The Bertz CT molecular complexity index is 977. The third-order valence-corrected chi connectivity index (χ3v) is 3.58. The lowest BCUT2D eigenvalue weighted by molar-refractivity contribution is -0.137. The number of alkyl halides is 3. The number of carbonyl (C=O) groups is 1. The second-order valence-corrected chi connectivity index (χ2v) is 5.34. The van der Waals surface area contributed by atoms with Crippen LogP contribution in [0.2, 0.25) is 0 Å². The van der Waals surface area contributed by atoms with Gasteiger partial charge in [-0.05, 0) is 42.5 Å². The number of amides is 1. The van der Waals surface area contributed by atoms with Crippen LogP contribution in [0.4, 0.5) is 13.2 Å². The summed E-state index contributed by atoms with van der Waals surface area (Å²) in [6.45, 7) is 0.0419. The third-order valence-electron chi connectivity index (χ3n) is 3.58. The van der Waals surface area contributed by atoms with Crippen molar-refractivity contribution in [3.05, 3.63) is 71.4 Å². The number of nitrogens with one attached hydrogen (secondary N) is 2. The minimum atomic E-state index is -4.40. The molecule has 2 N–H and O–H groups in total. The van der Waals surface area contributed by atoms with Gasteiger partial charge in [0.25, 0.3) is 5.91 Å². The van der Waals surface area contributed by atoms with Gasteiger partial charge >= 0.3 is 6.18 Å². The highest BCUT2D eigenvalue weighted by Crippen LogP contribution is 2.29. The molecular weight excluding hydrogens is 329 g/mol. The molecule has 0 saturated heterocycles. The SMILES string of the molecule is O=C(NCC#Cc1cccc(C(F)(F)F)c1)c1ccc2[nH]ccc2c1. The van der Waals surface area contributed by atoms with E-state index in [-0.39, 0.29) is 18.0 Å². The third kappa shape index (κ3) is 4.01. The Balaban J connectivity index is 1.63. The van der Waals surface area contributed by atoms with Gasteiger partial charge in [-0.1, -0.05) is 17.9 Å². The molecule has 2 aromatic carbocycles. The van der Waals surface area contributed by atoms with E-state index in [9.17, 15) is 18.0 Å². The molecule has 3 nitrogen and oxygen atoms in total. The molecule has 0 radical (unpaired) electrons. The van der Waals surface area contributed by atoms with Crippen LogP contribution in [0.1, 0.15) is 21.5 Å². The first kappa shape index (κ1) is 16.7. The molecule has 3 aromatic rings. The summed E-state index contributed by atoms with van der Waals surface area (Å²) >= 11 is 0. The van der Waals surface area contributed by atoms with Gasteiger partial charge in [0.05, 0.1) is 12.1 Å². The minimum Gasteiger partial charge on any atom is -0.361 e. The summed E-state index contributed by atoms with van der Waals surface area (Å²) in [5, 5.41) is 3.55. The number of halogens is 3. The van der Waals surface area contributed by atoms with Crippen LogP contribution < -0.4 is 5.32 Å². The van der Waals surface area contributed by atoms with Crippen LogP contribution in [0.15, 0.2) is 54.7 Å². The lowest BCUT2D eigenvalue weighted by Crippen LogP contribution is -2.23. The molecule has 0 aliphatic heterocycles. The topological polar surface area (TPSA) is 44.9 Å². The predicted molar refractivity (Wildman–Crippen MR) is 89.0 cm³/mol. The molecule has 1 heterocycles. The van der Waals surface area contributed by atoms with Crippen molar-refractivity contribution < 1.29 is 18.0 Å². The zero-order chi connectivity index (χ0) is 17.9. The molecule has 0 atom stereocenters. The van der Waals surface area contributed by atoms with E-state index in [4.69, 9.17) is 0 Å². The van der Waals surface area contributed by atoms with Crippen LogP contribution in [0.5, 0.6) is 0 Å². The first-order valence-electron chi connectivity index (χ1n) is 7.45. The minimum absolute atomic E-state index is 0.0419. The van der Waals surface area contributed by atoms with Crippen molar-refractivity contribution in [3.63, 3.8) is 0 Å². The van der Waals surface area contributed by atoms with Crippen molar-refractivity contribution in [2.75, 3.05) is 6.54 Å². The Morgan fingerprint density at radius 1 is 1.12 bits per heavy atom. The average Bonchev–Trinajstić information content (AvgIpc) is 3.05. The number of rotatable bonds is 2. The maximum absolute atomic E-state index is 12.6. The lowest BCUT2D eigenvalue weighted by Gasteiger charge is -2.05. The molecule has 1 amide bonds. The Labute approximate surface area is 141 Å². The summed E-state index contributed by atoms with van der Waals surface area (Å²) in [4.78, 5) is 15.1. The standard InChI is InChI=1S/C19H13F3N2O/c20-19(21,22)16-5-1-3-13(11-16)4-2-9-24-18(25)15-6-7-17-14(12-15)8-10-23-17/h1,3,5-8,10-12,23H,9H2,(H,24,25). The Morgan fingerprint density at radius 2 is 1.96 bits per heavy atom. The normalized spacial score (nSPS) is 11.0. The Kier molecular flexibility index (Phi) is 4.48. The fraction of sp³-hybridized carbons (Fsp3) is 0.105. The lowest BCUT2D eigenvalue weighted by atomic mass is 10.1. The summed E-state index contributed by atoms with van der Waals surface area (Å²) in [6.07, 6.45) is -2.62. The van der Waals surface area contributed by atoms with Gasteiger partial charge in [-0.2, -0.15) is 13.2 Å². The largest absolute Gasteiger partial charge is 0.416 e. The van der Waals surface area contributed by atoms with Crippen LogP contribution in [-0.2, 0) is 6.18 Å². The predicted octanol–water partition coefficient (Wildman–Crippen LogP) is 3.97. The first-order valence-corrected chi connectivity index (χ1v) is 7.45. The summed E-state index contributed by atoms with van der Waals surface area (Å²) in [5.41, 5.74) is 0.926. The number of H-pyrrole nitrogens is 1. The highest BCUT2D eigenvalue weighted by atomic mass is 19.4. The van der Waals surface area contributed by atoms with Crippen molar-refractivity contribution >= 4 is 16.8 Å². The van der Waals surface area contributed by atoms with Gasteiger partial charge in [0.15, 0.2) is 0 Å². The van der Waals surface area contributed by atoms with Crippen LogP contribution in [0, 0.1) is 11.8 Å². The number of aromatic amines is 1. The van der Waals surface area contributed by atoms with E-state index in [0.29, 0.717) is 5.56 Å². The number of hydrogen-bond acceptors (Lipinski definition) is 1. The van der Waals surface area contributed by atoms with Gasteiger partial charge in [0, 0.05) is 28.2 Å². The molecule has 0 saturated carbocycles. The Morgan fingerprint density at radius 3 is 2.76 bits per heavy atom. The number of aromatic nitrogens is 1. The van der Waals surface area contributed by atoms with Crippen molar-refractivity contribution in [1.29, 1.82) is 0 Å². The summed E-state index contributed by atoms with van der Waals surface area (Å²) in [6, 6.07) is 11.9. The second kappa shape index (κ2) is 6.73. The van der Waals surface area contributed by atoms with Gasteiger partial charge < -0.3 is 10.3 Å². The molecule has 0 aliphatic rings. The van der Waals surface area contributed by atoms with Gasteiger partial charge in [0.1, 0.15) is 0 Å². The van der Waals surface area contributed by atoms with E-state index in [2.05, 4.69) is 22.1 Å². The van der Waals surface area contributed by atoms with Gasteiger partial charge in [-0.25, -0.2) is 0 Å². The highest BCUT2D eigenvalue weighted by Gasteiger charge is 2.30. The molecule has 6 heteroatoms. The zero-order valence-electron chi connectivity index (χ0n) is 12.9. The maximum atomic E-state index is 12.6. The molecule has 0 fully saturated rings. The zero-order valence-corrected chi connectivity index (χ0v) is 12.9. The monoisotopic (exact) mass is 342 g/mol. The van der Waals surface area contributed by atoms with Gasteiger partial charge in [0.2, 0.25) is 0 Å². The molecule has 0 aliphatic carbocycles. The maximum Gasteiger partial charge on any atom is 0.416 e. The van der Waals surface area contributed by atoms with E-state index < -0.39 is 11.7 Å². The second-order valence-electron chi connectivity index (χ2n) is 5.34. The summed E-state index contributed by atoms with van der Waals surface area (Å²) in [5.74, 6) is 4.99. The van der Waals surface area contributed by atoms with Crippen molar-refractivity contribution in [3.8, 4) is 11.8 Å². The number of benzene rings is 2. The summed E-state index contributed by atoms with van der Waals surface area (Å²) < 4.78 is 37.9. The van der Waals surface area contributed by atoms with Crippen molar-refractivity contribution in [1.82, 2.24) is 10.3 Å². The quantitative estimate of drug-likeness (QED) is 0.680. The number of carbonyl (C=O) groups excluding carboxylic acids is 1. The van der Waals surface area contributed by atoms with Gasteiger partial charge in [-0.15, -0.1) is 0 Å². The van der Waals surface area contributed by atoms with E-state index in [1.807, 2.05) is 6.07 Å². The van der Waals surface area contributed by atoms with E-state index in [1.54, 1.807) is 24.4 Å². The number of fused-ring (bicyclic) bond motifs is 1. The molecule has 1 aromatic heterocycles. The fourth-order valence-corrected chi connectivity index (χ4v) is 2.34. The average molecular weight is 342 g/mol. The van der Waals surface area contributed by atoms with Crippen molar-refractivity contribution in [2.45, 2.75) is 6.18 Å². The fourth-order valence-electron chi connectivity index (χ4n) is 2.34. The van der Waals surface area contributed by atoms with Gasteiger partial charge in [-0.3, -0.25) is 4.79 Å². The molecule has 25 heavy (non-hydrogen) atoms. The van der Waals surface area contributed by atoms with Crippen LogP contribution in [0.3, 0.4) is 0 Å². The molecule has 126 valence electrons. The molecule has 0 unspecified atom stereocenters. The van der Waals surface area contributed by atoms with Crippen LogP contribution in [0.25, 0.3) is 10.9 Å². The van der Waals surface area contributed by atoms with Crippen molar-refractivity contribution in [2.24, 2.45) is 0 Å². The first-order chi connectivity index (χ1) is 11.9. The Hall–Kier alpha value is -3.20. The van der Waals surface area contributed by atoms with E-state index in [0.717, 1.165) is 23.0 Å². The molecular formula is C19H13F3N2O. The van der Waals surface area contributed by atoms with E-state index >= 15 is 0 Å². The number of hydrogen-bond donors (Lipinski definition) is 2. The highest BCUT2D eigenvalue weighted by molar-refractivity contribution is 5.98. The molecule has 0 bridgehead atoms. The van der Waals surface area contributed by atoms with Crippen LogP contribution in [-0.4, -0.2) is 17.4 Å². The molecule has 3 rings (SSSR count). The molecule has 0 spiro atoms. The van der Waals surface area contributed by atoms with E-state index in [1.165, 1.54) is 12.1 Å². The summed E-state index contributed by atoms with van der Waals surface area (Å²) in [7, 11) is 0.